The van der Waals surface area contributed by atoms with Crippen LogP contribution in [0.2, 0.25) is 5.02 Å². The van der Waals surface area contributed by atoms with Crippen molar-refractivity contribution in [3.8, 4) is 11.6 Å². The van der Waals surface area contributed by atoms with Crippen LogP contribution in [0.4, 0.5) is 5.69 Å². The fraction of sp³-hybridized carbons (Fsp3) is 0.105. The number of carbonyl (C=O) groups excluding carboxylic acids is 1. The summed E-state index contributed by atoms with van der Waals surface area (Å²) in [6.45, 7) is 1.96. The molecule has 0 aliphatic carbocycles. The van der Waals surface area contributed by atoms with Crippen molar-refractivity contribution in [1.82, 2.24) is 9.97 Å². The molecule has 2 aromatic carbocycles. The molecule has 0 bridgehead atoms. The lowest BCUT2D eigenvalue weighted by atomic mass is 10.2. The summed E-state index contributed by atoms with van der Waals surface area (Å²) < 4.78 is 5.86. The monoisotopic (exact) mass is 385 g/mol. The average Bonchev–Trinajstić information content (AvgIpc) is 2.65. The van der Waals surface area contributed by atoms with Crippen molar-refractivity contribution in [2.45, 2.75) is 11.9 Å². The zero-order valence-corrected chi connectivity index (χ0v) is 15.6. The molecule has 132 valence electrons. The molecule has 3 rings (SSSR count). The van der Waals surface area contributed by atoms with Crippen molar-refractivity contribution in [3.63, 3.8) is 0 Å². The molecule has 0 fully saturated rings. The van der Waals surface area contributed by atoms with Crippen molar-refractivity contribution < 1.29 is 9.53 Å². The SMILES string of the molecule is Cc1ccccc1Oc1nccnc1SCC(=O)Nc1ccc(Cl)cc1. The van der Waals surface area contributed by atoms with Crippen molar-refractivity contribution in [2.75, 3.05) is 11.1 Å². The standard InChI is InChI=1S/C19H16ClN3O2S/c1-13-4-2-3-5-16(13)25-18-19(22-11-10-21-18)26-12-17(24)23-15-8-6-14(20)7-9-15/h2-11H,12H2,1H3,(H,23,24). The van der Waals surface area contributed by atoms with E-state index in [0.29, 0.717) is 27.4 Å². The number of benzene rings is 2. The quantitative estimate of drug-likeness (QED) is 0.607. The van der Waals surface area contributed by atoms with Crippen LogP contribution >= 0.6 is 23.4 Å². The summed E-state index contributed by atoms with van der Waals surface area (Å²) in [5.41, 5.74) is 1.69. The molecule has 0 saturated heterocycles. The van der Waals surface area contributed by atoms with Crippen LogP contribution in [-0.2, 0) is 4.79 Å². The van der Waals surface area contributed by atoms with Crippen LogP contribution in [0.3, 0.4) is 0 Å². The first kappa shape index (κ1) is 18.2. The van der Waals surface area contributed by atoms with E-state index in [1.165, 1.54) is 11.8 Å². The van der Waals surface area contributed by atoms with E-state index >= 15 is 0 Å². The fourth-order valence-electron chi connectivity index (χ4n) is 2.12. The highest BCUT2D eigenvalue weighted by molar-refractivity contribution is 8.00. The summed E-state index contributed by atoms with van der Waals surface area (Å²) in [5.74, 6) is 1.13. The minimum atomic E-state index is -0.148. The van der Waals surface area contributed by atoms with Crippen molar-refractivity contribution in [2.24, 2.45) is 0 Å². The minimum absolute atomic E-state index is 0.148. The highest BCUT2D eigenvalue weighted by atomic mass is 35.5. The zero-order valence-electron chi connectivity index (χ0n) is 14.0. The van der Waals surface area contributed by atoms with E-state index in [-0.39, 0.29) is 11.7 Å². The Morgan fingerprint density at radius 2 is 1.85 bits per heavy atom. The van der Waals surface area contributed by atoms with Crippen LogP contribution in [0.1, 0.15) is 5.56 Å². The van der Waals surface area contributed by atoms with E-state index in [4.69, 9.17) is 16.3 Å². The second-order valence-electron chi connectivity index (χ2n) is 5.38. The van der Waals surface area contributed by atoms with Gasteiger partial charge in [-0.25, -0.2) is 9.97 Å². The normalized spacial score (nSPS) is 10.4. The van der Waals surface area contributed by atoms with Crippen molar-refractivity contribution in [3.05, 3.63) is 71.5 Å². The van der Waals surface area contributed by atoms with Gasteiger partial charge in [0, 0.05) is 23.1 Å². The largest absolute Gasteiger partial charge is 0.436 e. The van der Waals surface area contributed by atoms with Crippen molar-refractivity contribution in [1.29, 1.82) is 0 Å². The Morgan fingerprint density at radius 1 is 1.12 bits per heavy atom. The molecule has 5 nitrogen and oxygen atoms in total. The van der Waals surface area contributed by atoms with Crippen LogP contribution < -0.4 is 10.1 Å². The number of para-hydroxylation sites is 1. The second kappa shape index (κ2) is 8.69. The lowest BCUT2D eigenvalue weighted by molar-refractivity contribution is -0.113. The summed E-state index contributed by atoms with van der Waals surface area (Å²) >= 11 is 7.10. The van der Waals surface area contributed by atoms with Crippen LogP contribution in [-0.4, -0.2) is 21.6 Å². The third-order valence-electron chi connectivity index (χ3n) is 3.40. The summed E-state index contributed by atoms with van der Waals surface area (Å²) in [7, 11) is 0. The zero-order chi connectivity index (χ0) is 18.4. The summed E-state index contributed by atoms with van der Waals surface area (Å²) in [6.07, 6.45) is 3.13. The maximum absolute atomic E-state index is 12.1. The number of ether oxygens (including phenoxy) is 1. The van der Waals surface area contributed by atoms with Crippen LogP contribution in [0.5, 0.6) is 11.6 Å². The molecule has 1 N–H and O–H groups in total. The average molecular weight is 386 g/mol. The van der Waals surface area contributed by atoms with Gasteiger partial charge in [0.1, 0.15) is 5.75 Å². The van der Waals surface area contributed by atoms with Gasteiger partial charge in [-0.3, -0.25) is 4.79 Å². The number of carbonyl (C=O) groups is 1. The first-order valence-electron chi connectivity index (χ1n) is 7.84. The van der Waals surface area contributed by atoms with Crippen LogP contribution in [0, 0.1) is 6.92 Å². The minimum Gasteiger partial charge on any atom is -0.436 e. The van der Waals surface area contributed by atoms with Gasteiger partial charge in [0.05, 0.1) is 5.75 Å². The van der Waals surface area contributed by atoms with Gasteiger partial charge in [0.2, 0.25) is 5.91 Å². The molecular weight excluding hydrogens is 370 g/mol. The predicted octanol–water partition coefficient (Wildman–Crippen LogP) is 4.96. The van der Waals surface area contributed by atoms with Gasteiger partial charge in [0.25, 0.3) is 5.88 Å². The highest BCUT2D eigenvalue weighted by Crippen LogP contribution is 2.30. The number of rotatable bonds is 6. The van der Waals surface area contributed by atoms with Crippen LogP contribution in [0.25, 0.3) is 0 Å². The highest BCUT2D eigenvalue weighted by Gasteiger charge is 2.12. The molecule has 3 aromatic rings. The summed E-state index contributed by atoms with van der Waals surface area (Å²) in [4.78, 5) is 20.6. The van der Waals surface area contributed by atoms with E-state index in [0.717, 1.165) is 5.56 Å². The van der Waals surface area contributed by atoms with Gasteiger partial charge in [-0.1, -0.05) is 41.6 Å². The van der Waals surface area contributed by atoms with E-state index in [1.54, 1.807) is 36.7 Å². The number of nitrogens with one attached hydrogen (secondary N) is 1. The number of hydrogen-bond acceptors (Lipinski definition) is 5. The Balaban J connectivity index is 1.64. The maximum Gasteiger partial charge on any atom is 0.252 e. The molecule has 0 atom stereocenters. The Bertz CT molecular complexity index is 903. The second-order valence-corrected chi connectivity index (χ2v) is 6.78. The predicted molar refractivity (Wildman–Crippen MR) is 104 cm³/mol. The molecule has 0 radical (unpaired) electrons. The Kier molecular flexibility index (Phi) is 6.09. The molecule has 1 aromatic heterocycles. The number of thioether (sulfide) groups is 1. The van der Waals surface area contributed by atoms with E-state index in [9.17, 15) is 4.79 Å². The van der Waals surface area contributed by atoms with Crippen molar-refractivity contribution >= 4 is 35.0 Å². The summed E-state index contributed by atoms with van der Waals surface area (Å²) in [6, 6.07) is 14.6. The third kappa shape index (κ3) is 4.97. The molecular formula is C19H16ClN3O2S. The number of halogens is 1. The van der Waals surface area contributed by atoms with Gasteiger partial charge in [-0.2, -0.15) is 0 Å². The maximum atomic E-state index is 12.1. The van der Waals surface area contributed by atoms with E-state index in [1.807, 2.05) is 31.2 Å². The summed E-state index contributed by atoms with van der Waals surface area (Å²) in [5, 5.41) is 3.99. The van der Waals surface area contributed by atoms with Gasteiger partial charge in [-0.05, 0) is 42.8 Å². The third-order valence-corrected chi connectivity index (χ3v) is 4.61. The van der Waals surface area contributed by atoms with E-state index < -0.39 is 0 Å². The fourth-order valence-corrected chi connectivity index (χ4v) is 2.94. The smallest absolute Gasteiger partial charge is 0.252 e. The lowest BCUT2D eigenvalue weighted by Crippen LogP contribution is -2.14. The topological polar surface area (TPSA) is 64.1 Å². The van der Waals surface area contributed by atoms with E-state index in [2.05, 4.69) is 15.3 Å². The molecule has 1 amide bonds. The Hall–Kier alpha value is -2.57. The van der Waals surface area contributed by atoms with Crippen LogP contribution in [0.15, 0.2) is 66.0 Å². The molecule has 0 spiro atoms. The van der Waals surface area contributed by atoms with Gasteiger partial charge < -0.3 is 10.1 Å². The molecule has 0 unspecified atom stereocenters. The number of hydrogen-bond donors (Lipinski definition) is 1. The number of aromatic nitrogens is 2. The molecule has 0 aliphatic heterocycles. The molecule has 7 heteroatoms. The molecule has 0 aliphatic rings. The van der Waals surface area contributed by atoms with Gasteiger partial charge in [-0.15, -0.1) is 0 Å². The number of amides is 1. The first-order chi connectivity index (χ1) is 12.6. The molecule has 1 heterocycles. The number of nitrogens with zero attached hydrogens (tertiary/aromatic N) is 2. The molecule has 26 heavy (non-hydrogen) atoms. The lowest BCUT2D eigenvalue weighted by Gasteiger charge is -2.10. The Morgan fingerprint density at radius 3 is 2.62 bits per heavy atom. The number of anilines is 1. The Labute approximate surface area is 160 Å². The van der Waals surface area contributed by atoms with Gasteiger partial charge in [0.15, 0.2) is 5.03 Å². The molecule has 0 saturated carbocycles. The first-order valence-corrected chi connectivity index (χ1v) is 9.21. The van der Waals surface area contributed by atoms with Gasteiger partial charge >= 0.3 is 0 Å². The number of aryl methyl sites for hydroxylation is 1.